The number of fused-ring (bicyclic) bond motifs is 7. The first kappa shape index (κ1) is 18.7. The molecule has 7 nitrogen and oxygen atoms in total. The van der Waals surface area contributed by atoms with Crippen LogP contribution in [0.4, 0.5) is 10.2 Å². The quantitative estimate of drug-likeness (QED) is 0.493. The van der Waals surface area contributed by atoms with Gasteiger partial charge in [0.25, 0.3) is 0 Å². The molecule has 1 aliphatic rings. The maximum atomic E-state index is 14.1. The number of hydrogen-bond acceptors (Lipinski definition) is 7. The number of pyridine rings is 1. The summed E-state index contributed by atoms with van der Waals surface area (Å²) in [6, 6.07) is 6.50. The van der Waals surface area contributed by atoms with E-state index in [-0.39, 0.29) is 11.6 Å². The van der Waals surface area contributed by atoms with Crippen molar-refractivity contribution >= 4 is 17.5 Å². The molecular formula is C21H19FN6OS. The number of nitrogen functional groups attached to an aromatic ring is 1. The summed E-state index contributed by atoms with van der Waals surface area (Å²) < 4.78 is 31.3. The standard InChI is InChI=1S/C21H19FN6OS/c1-3-28-20-12(10-25-28)6-17-19(27-30-26-17)15-5-4-14(22)8-16(15)11(2)29-18-7-13(20)9-24-21(18)23/h4-5,7-11H,3,6H2,1-2H3,(H2,23,24)/t11-/m1/s1. The van der Waals surface area contributed by atoms with Gasteiger partial charge in [0.15, 0.2) is 11.6 Å². The van der Waals surface area contributed by atoms with Crippen LogP contribution < -0.4 is 10.5 Å². The minimum Gasteiger partial charge on any atom is -0.482 e. The van der Waals surface area contributed by atoms with Crippen molar-refractivity contribution in [3.05, 3.63) is 59.3 Å². The molecule has 3 aromatic heterocycles. The lowest BCUT2D eigenvalue weighted by Crippen LogP contribution is -2.10. The Morgan fingerprint density at radius 1 is 1.27 bits per heavy atom. The summed E-state index contributed by atoms with van der Waals surface area (Å²) in [4.78, 5) is 4.34. The maximum absolute atomic E-state index is 14.1. The average Bonchev–Trinajstić information content (AvgIpc) is 3.36. The first-order valence-corrected chi connectivity index (χ1v) is 10.4. The summed E-state index contributed by atoms with van der Waals surface area (Å²) in [5.74, 6) is 0.385. The first-order valence-electron chi connectivity index (χ1n) is 9.63. The van der Waals surface area contributed by atoms with E-state index in [2.05, 4.69) is 18.8 Å². The van der Waals surface area contributed by atoms with Crippen LogP contribution in [-0.4, -0.2) is 23.5 Å². The number of nitrogens with zero attached hydrogens (tertiary/aromatic N) is 5. The van der Waals surface area contributed by atoms with Crippen molar-refractivity contribution in [2.24, 2.45) is 0 Å². The number of halogens is 1. The summed E-state index contributed by atoms with van der Waals surface area (Å²) in [5, 5.41) is 4.53. The molecule has 0 amide bonds. The van der Waals surface area contributed by atoms with Gasteiger partial charge in [0.2, 0.25) is 0 Å². The first-order chi connectivity index (χ1) is 14.5. The van der Waals surface area contributed by atoms with E-state index in [0.29, 0.717) is 24.3 Å². The van der Waals surface area contributed by atoms with Gasteiger partial charge in [-0.15, -0.1) is 0 Å². The lowest BCUT2D eigenvalue weighted by molar-refractivity contribution is 0.227. The minimum atomic E-state index is -0.473. The zero-order chi connectivity index (χ0) is 20.8. The molecule has 0 radical (unpaired) electrons. The molecule has 2 bridgehead atoms. The highest BCUT2D eigenvalue weighted by atomic mass is 32.1. The van der Waals surface area contributed by atoms with Crippen LogP contribution >= 0.6 is 11.7 Å². The molecular weight excluding hydrogens is 403 g/mol. The van der Waals surface area contributed by atoms with Gasteiger partial charge >= 0.3 is 0 Å². The Morgan fingerprint density at radius 3 is 2.97 bits per heavy atom. The average molecular weight is 422 g/mol. The van der Waals surface area contributed by atoms with Gasteiger partial charge in [-0.2, -0.15) is 13.8 Å². The van der Waals surface area contributed by atoms with Crippen molar-refractivity contribution in [1.29, 1.82) is 0 Å². The van der Waals surface area contributed by atoms with E-state index in [9.17, 15) is 4.39 Å². The highest BCUT2D eigenvalue weighted by molar-refractivity contribution is 6.99. The highest BCUT2D eigenvalue weighted by Gasteiger charge is 2.24. The SMILES string of the molecule is CCn1ncc2c1-c1cnc(N)c(c1)O[C@H](C)c1cc(F)ccc1-c1nsnc1C2. The molecule has 0 saturated carbocycles. The second-order valence-electron chi connectivity index (χ2n) is 7.17. The van der Waals surface area contributed by atoms with Gasteiger partial charge in [0, 0.05) is 41.4 Å². The van der Waals surface area contributed by atoms with Crippen LogP contribution in [0.2, 0.25) is 0 Å². The van der Waals surface area contributed by atoms with Crippen LogP contribution in [0.5, 0.6) is 5.75 Å². The van der Waals surface area contributed by atoms with Gasteiger partial charge in [-0.3, -0.25) is 4.68 Å². The lowest BCUT2D eigenvalue weighted by Gasteiger charge is -2.20. The van der Waals surface area contributed by atoms with Crippen molar-refractivity contribution < 1.29 is 9.13 Å². The van der Waals surface area contributed by atoms with Gasteiger partial charge in [0.05, 0.1) is 29.3 Å². The minimum absolute atomic E-state index is 0.278. The van der Waals surface area contributed by atoms with Crippen molar-refractivity contribution in [3.8, 4) is 28.3 Å². The third-order valence-electron chi connectivity index (χ3n) is 5.29. The number of aryl methyl sites for hydroxylation is 1. The van der Waals surface area contributed by atoms with Crippen molar-refractivity contribution in [2.75, 3.05) is 5.73 Å². The Labute approximate surface area is 176 Å². The fourth-order valence-electron chi connectivity index (χ4n) is 3.85. The molecule has 0 fully saturated rings. The van der Waals surface area contributed by atoms with E-state index in [4.69, 9.17) is 10.5 Å². The predicted octanol–water partition coefficient (Wildman–Crippen LogP) is 4.25. The number of aromatic nitrogens is 5. The van der Waals surface area contributed by atoms with Crippen molar-refractivity contribution in [1.82, 2.24) is 23.5 Å². The number of hydrogen-bond donors (Lipinski definition) is 1. The third kappa shape index (κ3) is 3.02. The molecule has 4 heterocycles. The molecule has 1 atom stereocenters. The Kier molecular flexibility index (Phi) is 4.47. The largest absolute Gasteiger partial charge is 0.482 e. The molecule has 0 saturated heterocycles. The van der Waals surface area contributed by atoms with Crippen molar-refractivity contribution in [3.63, 3.8) is 0 Å². The second kappa shape index (κ2) is 7.17. The summed E-state index contributed by atoms with van der Waals surface area (Å²) >= 11 is 1.14. The molecule has 2 N–H and O–H groups in total. The van der Waals surface area contributed by atoms with E-state index < -0.39 is 6.10 Å². The van der Waals surface area contributed by atoms with Gasteiger partial charge in [-0.1, -0.05) is 0 Å². The molecule has 0 unspecified atom stereocenters. The van der Waals surface area contributed by atoms with Crippen LogP contribution in [0.15, 0.2) is 36.7 Å². The summed E-state index contributed by atoms with van der Waals surface area (Å²) in [6.07, 6.45) is 3.64. The fraction of sp³-hybridized carbons (Fsp3) is 0.238. The third-order valence-corrected chi connectivity index (χ3v) is 5.86. The molecule has 0 spiro atoms. The molecule has 1 aliphatic heterocycles. The zero-order valence-corrected chi connectivity index (χ0v) is 17.3. The van der Waals surface area contributed by atoms with Gasteiger partial charge in [0.1, 0.15) is 17.6 Å². The van der Waals surface area contributed by atoms with Gasteiger partial charge < -0.3 is 10.5 Å². The Bertz CT molecular complexity index is 1250. The van der Waals surface area contributed by atoms with Crippen molar-refractivity contribution in [2.45, 2.75) is 32.9 Å². The molecule has 4 aromatic rings. The molecule has 0 aliphatic carbocycles. The smallest absolute Gasteiger partial charge is 0.166 e. The van der Waals surface area contributed by atoms with Crippen LogP contribution in [0, 0.1) is 5.82 Å². The molecule has 152 valence electrons. The maximum Gasteiger partial charge on any atom is 0.166 e. The van der Waals surface area contributed by atoms with E-state index in [1.807, 2.05) is 30.8 Å². The number of anilines is 1. The number of rotatable bonds is 1. The topological polar surface area (TPSA) is 91.7 Å². The van der Waals surface area contributed by atoms with E-state index in [1.165, 1.54) is 12.1 Å². The Balaban J connectivity index is 1.79. The summed E-state index contributed by atoms with van der Waals surface area (Å²) in [6.45, 7) is 4.60. The monoisotopic (exact) mass is 422 g/mol. The Hall–Kier alpha value is -3.33. The Morgan fingerprint density at radius 2 is 2.13 bits per heavy atom. The van der Waals surface area contributed by atoms with Gasteiger partial charge in [-0.05, 0) is 38.1 Å². The molecule has 30 heavy (non-hydrogen) atoms. The number of ether oxygens (including phenoxy) is 1. The van der Waals surface area contributed by atoms with Gasteiger partial charge in [-0.25, -0.2) is 9.37 Å². The van der Waals surface area contributed by atoms with Crippen LogP contribution in [-0.2, 0) is 13.0 Å². The van der Waals surface area contributed by atoms with Crippen LogP contribution in [0.25, 0.3) is 22.5 Å². The lowest BCUT2D eigenvalue weighted by atomic mass is 9.96. The number of benzene rings is 1. The zero-order valence-electron chi connectivity index (χ0n) is 16.5. The fourth-order valence-corrected chi connectivity index (χ4v) is 4.43. The summed E-state index contributed by atoms with van der Waals surface area (Å²) in [5.41, 5.74) is 11.9. The molecule has 5 rings (SSSR count). The van der Waals surface area contributed by atoms with Crippen LogP contribution in [0.1, 0.15) is 36.8 Å². The predicted molar refractivity (Wildman–Crippen MR) is 113 cm³/mol. The summed E-state index contributed by atoms with van der Waals surface area (Å²) in [7, 11) is 0. The normalized spacial score (nSPS) is 15.2. The molecule has 1 aromatic carbocycles. The molecule has 9 heteroatoms. The number of nitrogens with two attached hydrogens (primary N) is 1. The van der Waals surface area contributed by atoms with Crippen LogP contribution in [0.3, 0.4) is 0 Å². The van der Waals surface area contributed by atoms with E-state index in [1.54, 1.807) is 12.3 Å². The highest BCUT2D eigenvalue weighted by Crippen LogP contribution is 2.38. The second-order valence-corrected chi connectivity index (χ2v) is 7.70. The van der Waals surface area contributed by atoms with E-state index in [0.717, 1.165) is 45.5 Å². The van der Waals surface area contributed by atoms with E-state index >= 15 is 0 Å².